The summed E-state index contributed by atoms with van der Waals surface area (Å²) >= 11 is 0. The van der Waals surface area contributed by atoms with Crippen LogP contribution in [0.3, 0.4) is 0 Å². The first kappa shape index (κ1) is 45.3. The standard InChI is InChI=1S/C70H64N3O.Pt/c1-70(2,3)59-44-57(43-58(45-59)64-46-56(39-40-71-64)53-36-34-52(35-37-53)51-32-30-50(31-33-51)49-19-7-4-8-20-49)60-25-16-28-66-67(60)72-69(62-27-15-26-61(68(62)74)54-21-9-5-10-22-54)73(66)65-38-29-48(41-47-17-13-14-18-47)42-63(65)55-23-11-6-12-24-55;/h4-12,15-16,19-29,34-40,42,44-47,50-51,74H,13-14,17-18,30-33,41H2,1-3H3;/q-1;/i41D2,50D,51D;. The van der Waals surface area contributed by atoms with E-state index >= 15 is 0 Å². The number of phenolic OH excluding ortho intramolecular Hbond substituents is 1. The maximum Gasteiger partial charge on any atom is 0.148 e. The topological polar surface area (TPSA) is 50.9 Å². The fourth-order valence-corrected chi connectivity index (χ4v) is 11.3. The molecule has 2 saturated carbocycles. The molecule has 2 aromatic heterocycles. The number of para-hydroxylation sites is 2. The zero-order chi connectivity index (χ0) is 53.8. The minimum atomic E-state index is -1.51. The van der Waals surface area contributed by atoms with E-state index in [1.54, 1.807) is 0 Å². The van der Waals surface area contributed by atoms with Gasteiger partial charge >= 0.3 is 0 Å². The summed E-state index contributed by atoms with van der Waals surface area (Å²) in [5, 5.41) is 12.4. The summed E-state index contributed by atoms with van der Waals surface area (Å²) in [6, 6.07) is 69.2. The quantitative estimate of drug-likeness (QED) is 0.131. The van der Waals surface area contributed by atoms with Gasteiger partial charge in [-0.15, -0.1) is 29.3 Å². The Balaban J connectivity index is 0.00000660. The minimum absolute atomic E-state index is 0. The number of fused-ring (bicyclic) bond motifs is 1. The smallest absolute Gasteiger partial charge is 0.148 e. The summed E-state index contributed by atoms with van der Waals surface area (Å²) in [7, 11) is 0. The molecule has 5 heteroatoms. The Morgan fingerprint density at radius 2 is 1.17 bits per heavy atom. The van der Waals surface area contributed by atoms with Crippen LogP contribution in [0.1, 0.15) is 112 Å². The van der Waals surface area contributed by atoms with Gasteiger partial charge in [0.2, 0.25) is 0 Å². The van der Waals surface area contributed by atoms with E-state index in [1.165, 1.54) is 0 Å². The molecule has 0 spiro atoms. The first-order chi connectivity index (χ1) is 37.7. The second-order valence-electron chi connectivity index (χ2n) is 21.3. The molecule has 0 amide bonds. The number of pyridine rings is 1. The molecule has 12 rings (SSSR count). The molecule has 0 saturated heterocycles. The first-order valence-corrected chi connectivity index (χ1v) is 26.5. The summed E-state index contributed by atoms with van der Waals surface area (Å²) in [6.45, 7) is 6.66. The SMILES string of the molecule is [2H]C1(c2ccccc2)CCC([2H])(c2ccc(-c3ccnc(-c4[c-]c(-c5cccc6c5nc(-c5cccc(-c7ccccc7)c5O)n6-c5ccc(C([2H])([2H])C6CCCC6)cc5-c5ccccc5)cc(C(C)(C)C)c4)c3)cc2)CC1.[Pt]. The van der Waals surface area contributed by atoms with Crippen LogP contribution in [0, 0.1) is 12.0 Å². The van der Waals surface area contributed by atoms with Crippen LogP contribution in [0.25, 0.3) is 83.9 Å². The second-order valence-corrected chi connectivity index (χ2v) is 21.3. The molecule has 0 aliphatic heterocycles. The van der Waals surface area contributed by atoms with Crippen molar-refractivity contribution >= 4 is 11.0 Å². The summed E-state index contributed by atoms with van der Waals surface area (Å²) in [5.74, 6) is -0.782. The molecule has 2 aliphatic carbocycles. The van der Waals surface area contributed by atoms with Gasteiger partial charge in [0, 0.05) is 49.6 Å². The molecular weight excluding hydrogens is 1090 g/mol. The van der Waals surface area contributed by atoms with Crippen LogP contribution in [0.15, 0.2) is 200 Å². The summed E-state index contributed by atoms with van der Waals surface area (Å²) in [6.07, 6.45) is 6.74. The van der Waals surface area contributed by atoms with Crippen molar-refractivity contribution in [3.05, 3.63) is 229 Å². The van der Waals surface area contributed by atoms with Gasteiger partial charge in [0.05, 0.1) is 22.3 Å². The van der Waals surface area contributed by atoms with Crippen molar-refractivity contribution in [1.82, 2.24) is 14.5 Å². The minimum Gasteiger partial charge on any atom is -0.507 e. The van der Waals surface area contributed by atoms with Gasteiger partial charge in [-0.2, -0.15) is 0 Å². The van der Waals surface area contributed by atoms with Crippen LogP contribution < -0.4 is 0 Å². The Labute approximate surface area is 463 Å². The summed E-state index contributed by atoms with van der Waals surface area (Å²) in [5.41, 5.74) is 15.3. The normalized spacial score (nSPS) is 18.9. The largest absolute Gasteiger partial charge is 0.507 e. The number of aromatic hydroxyl groups is 1. The Bertz CT molecular complexity index is 3800. The number of phenols is 1. The van der Waals surface area contributed by atoms with Gasteiger partial charge in [-0.25, -0.2) is 4.98 Å². The Kier molecular flexibility index (Phi) is 13.0. The third-order valence-electron chi connectivity index (χ3n) is 15.4. The Morgan fingerprint density at radius 3 is 1.85 bits per heavy atom. The van der Waals surface area contributed by atoms with Gasteiger partial charge in [0.25, 0.3) is 0 Å². The van der Waals surface area contributed by atoms with E-state index in [-0.39, 0.29) is 38.1 Å². The molecule has 10 aromatic rings. The molecule has 0 bridgehead atoms. The van der Waals surface area contributed by atoms with Crippen molar-refractivity contribution in [3.63, 3.8) is 0 Å². The van der Waals surface area contributed by atoms with Crippen LogP contribution in [0.4, 0.5) is 0 Å². The zero-order valence-electron chi connectivity index (χ0n) is 46.9. The molecule has 0 unspecified atom stereocenters. The number of aromatic nitrogens is 3. The molecule has 2 heterocycles. The van der Waals surface area contributed by atoms with Crippen molar-refractivity contribution in [2.75, 3.05) is 0 Å². The molecule has 1 N–H and O–H groups in total. The van der Waals surface area contributed by atoms with Crippen LogP contribution in [-0.2, 0) is 32.9 Å². The maximum atomic E-state index is 12.4. The van der Waals surface area contributed by atoms with Crippen LogP contribution in [-0.4, -0.2) is 19.6 Å². The molecule has 0 radical (unpaired) electrons. The number of rotatable bonds is 11. The van der Waals surface area contributed by atoms with Crippen molar-refractivity contribution in [3.8, 4) is 78.6 Å². The van der Waals surface area contributed by atoms with E-state index in [4.69, 9.17) is 9.97 Å². The molecule has 8 aromatic carbocycles. The van der Waals surface area contributed by atoms with E-state index in [1.807, 2.05) is 115 Å². The molecule has 2 fully saturated rings. The molecule has 376 valence electrons. The molecule has 0 atom stereocenters. The summed E-state index contributed by atoms with van der Waals surface area (Å²) < 4.78 is 40.0. The molecule has 2 aliphatic rings. The van der Waals surface area contributed by atoms with Gasteiger partial charge in [0.1, 0.15) is 11.6 Å². The fraction of sp³-hybridized carbons (Fsp3) is 0.229. The van der Waals surface area contributed by atoms with Crippen LogP contribution in [0.5, 0.6) is 5.75 Å². The zero-order valence-corrected chi connectivity index (χ0v) is 45.2. The predicted molar refractivity (Wildman–Crippen MR) is 307 cm³/mol. The van der Waals surface area contributed by atoms with Crippen LogP contribution >= 0.6 is 0 Å². The van der Waals surface area contributed by atoms with Crippen molar-refractivity contribution in [1.29, 1.82) is 0 Å². The number of imidazole rings is 1. The average Bonchev–Trinajstić information content (AvgIpc) is 4.35. The average molecular weight is 1160 g/mol. The number of nitrogens with zero attached hydrogens (tertiary/aromatic N) is 3. The van der Waals surface area contributed by atoms with Gasteiger partial charge in [-0.05, 0) is 124 Å². The molecule has 4 nitrogen and oxygen atoms in total. The number of hydrogen-bond acceptors (Lipinski definition) is 3. The van der Waals surface area contributed by atoms with E-state index in [2.05, 4.69) is 116 Å². The monoisotopic (exact) mass is 1160 g/mol. The Hall–Kier alpha value is -7.13. The number of hydrogen-bond donors (Lipinski definition) is 1. The summed E-state index contributed by atoms with van der Waals surface area (Å²) in [4.78, 5) is 10.6. The third kappa shape index (κ3) is 10.4. The van der Waals surface area contributed by atoms with Gasteiger partial charge < -0.3 is 5.11 Å². The first-order valence-electron chi connectivity index (χ1n) is 28.5. The molecular formula is C70H64N3OPt-. The molecule has 75 heavy (non-hydrogen) atoms. The van der Waals surface area contributed by atoms with Gasteiger partial charge in [-0.3, -0.25) is 9.55 Å². The van der Waals surface area contributed by atoms with E-state index < -0.39 is 18.2 Å². The maximum absolute atomic E-state index is 12.4. The van der Waals surface area contributed by atoms with Crippen molar-refractivity contribution < 1.29 is 31.7 Å². The fourth-order valence-electron chi connectivity index (χ4n) is 11.3. The van der Waals surface area contributed by atoms with Crippen molar-refractivity contribution in [2.24, 2.45) is 5.92 Å². The second kappa shape index (κ2) is 21.6. The predicted octanol–water partition coefficient (Wildman–Crippen LogP) is 18.4. The van der Waals surface area contributed by atoms with Crippen LogP contribution in [0.2, 0.25) is 0 Å². The van der Waals surface area contributed by atoms with Gasteiger partial charge in [0.15, 0.2) is 0 Å². The Morgan fingerprint density at radius 1 is 0.573 bits per heavy atom. The number of benzene rings is 8. The van der Waals surface area contributed by atoms with E-state index in [9.17, 15) is 10.6 Å². The van der Waals surface area contributed by atoms with E-state index in [0.29, 0.717) is 48.2 Å². The van der Waals surface area contributed by atoms with Crippen molar-refractivity contribution in [2.45, 2.75) is 95.7 Å². The van der Waals surface area contributed by atoms with E-state index in [0.717, 1.165) is 109 Å². The van der Waals surface area contributed by atoms with Gasteiger partial charge in [-0.1, -0.05) is 209 Å². The third-order valence-corrected chi connectivity index (χ3v) is 15.4.